The molecule has 6 nitrogen and oxygen atoms in total. The van der Waals surface area contributed by atoms with E-state index >= 15 is 0 Å². The summed E-state index contributed by atoms with van der Waals surface area (Å²) < 4.78 is 1.96. The Morgan fingerprint density at radius 1 is 1.23 bits per heavy atom. The molecule has 1 aromatic heterocycles. The molecule has 0 bridgehead atoms. The molecule has 2 rings (SSSR count). The highest BCUT2D eigenvalue weighted by molar-refractivity contribution is 14.0. The van der Waals surface area contributed by atoms with Gasteiger partial charge in [0.2, 0.25) is 0 Å². The van der Waals surface area contributed by atoms with Crippen LogP contribution in [0.1, 0.15) is 19.7 Å². The van der Waals surface area contributed by atoms with E-state index in [1.54, 1.807) is 13.4 Å². The molecule has 1 heterocycles. The topological polar surface area (TPSA) is 67.1 Å². The van der Waals surface area contributed by atoms with Crippen molar-refractivity contribution in [3.63, 3.8) is 0 Å². The number of guanidine groups is 1. The Labute approximate surface area is 148 Å². The smallest absolute Gasteiger partial charge is 0.191 e. The zero-order chi connectivity index (χ0) is 15.1. The Morgan fingerprint density at radius 3 is 2.59 bits per heavy atom. The van der Waals surface area contributed by atoms with E-state index in [9.17, 15) is 0 Å². The summed E-state index contributed by atoms with van der Waals surface area (Å²) in [4.78, 5) is 4.20. The summed E-state index contributed by atoms with van der Waals surface area (Å²) in [5.74, 6) is 2.18. The summed E-state index contributed by atoms with van der Waals surface area (Å²) in [6, 6.07) is 10.0. The van der Waals surface area contributed by atoms with Crippen molar-refractivity contribution >= 4 is 29.9 Å². The fourth-order valence-electron chi connectivity index (χ4n) is 1.87. The molecule has 0 saturated heterocycles. The van der Waals surface area contributed by atoms with Gasteiger partial charge in [-0.1, -0.05) is 32.0 Å². The first-order valence-electron chi connectivity index (χ1n) is 7.09. The third kappa shape index (κ3) is 5.28. The second kappa shape index (κ2) is 9.39. The van der Waals surface area contributed by atoms with Crippen molar-refractivity contribution in [3.05, 3.63) is 42.5 Å². The molecule has 0 spiro atoms. The molecule has 1 aromatic carbocycles. The van der Waals surface area contributed by atoms with E-state index in [1.807, 2.05) is 34.9 Å². The summed E-state index contributed by atoms with van der Waals surface area (Å²) in [6.45, 7) is 5.76. The predicted molar refractivity (Wildman–Crippen MR) is 99.8 cm³/mol. The molecule has 0 amide bonds. The van der Waals surface area contributed by atoms with Gasteiger partial charge in [-0.15, -0.1) is 34.2 Å². The summed E-state index contributed by atoms with van der Waals surface area (Å²) in [6.07, 6.45) is 1.72. The predicted octanol–water partition coefficient (Wildman–Crippen LogP) is 2.21. The third-order valence-electron chi connectivity index (χ3n) is 2.97. The highest BCUT2D eigenvalue weighted by Crippen LogP contribution is 2.08. The molecule has 0 aliphatic rings. The maximum atomic E-state index is 4.20. The molecule has 0 saturated carbocycles. The molecule has 7 heteroatoms. The van der Waals surface area contributed by atoms with Gasteiger partial charge in [0.05, 0.1) is 6.54 Å². The van der Waals surface area contributed by atoms with Crippen LogP contribution in [0.25, 0.3) is 5.69 Å². The average Bonchev–Trinajstić information content (AvgIpc) is 2.96. The fraction of sp³-hybridized carbons (Fsp3) is 0.400. The number of nitrogens with one attached hydrogen (secondary N) is 2. The minimum atomic E-state index is 0. The van der Waals surface area contributed by atoms with Crippen LogP contribution in [0.5, 0.6) is 0 Å². The van der Waals surface area contributed by atoms with Gasteiger partial charge in [-0.3, -0.25) is 9.56 Å². The second-order valence-electron chi connectivity index (χ2n) is 5.15. The third-order valence-corrected chi connectivity index (χ3v) is 2.97. The Morgan fingerprint density at radius 2 is 1.95 bits per heavy atom. The molecule has 0 radical (unpaired) electrons. The number of rotatable bonds is 5. The van der Waals surface area contributed by atoms with Crippen LogP contribution in [-0.4, -0.2) is 34.3 Å². The van der Waals surface area contributed by atoms with Crippen LogP contribution in [0.15, 0.2) is 41.7 Å². The maximum Gasteiger partial charge on any atom is 0.191 e. The van der Waals surface area contributed by atoms with Crippen molar-refractivity contribution in [1.82, 2.24) is 25.4 Å². The van der Waals surface area contributed by atoms with Gasteiger partial charge in [0.1, 0.15) is 6.33 Å². The summed E-state index contributed by atoms with van der Waals surface area (Å²) in [5, 5.41) is 14.7. The van der Waals surface area contributed by atoms with Gasteiger partial charge in [0, 0.05) is 19.3 Å². The van der Waals surface area contributed by atoms with Crippen molar-refractivity contribution in [2.24, 2.45) is 10.9 Å². The van der Waals surface area contributed by atoms with Crippen LogP contribution in [-0.2, 0) is 6.54 Å². The minimum absolute atomic E-state index is 0. The van der Waals surface area contributed by atoms with Crippen LogP contribution < -0.4 is 10.6 Å². The van der Waals surface area contributed by atoms with Gasteiger partial charge < -0.3 is 10.6 Å². The fourth-order valence-corrected chi connectivity index (χ4v) is 1.87. The average molecular weight is 414 g/mol. The molecule has 120 valence electrons. The van der Waals surface area contributed by atoms with Crippen molar-refractivity contribution in [3.8, 4) is 5.69 Å². The first-order valence-corrected chi connectivity index (χ1v) is 7.09. The van der Waals surface area contributed by atoms with Gasteiger partial charge in [0.25, 0.3) is 0 Å². The van der Waals surface area contributed by atoms with E-state index < -0.39 is 0 Å². The van der Waals surface area contributed by atoms with E-state index in [0.29, 0.717) is 12.5 Å². The van der Waals surface area contributed by atoms with E-state index in [-0.39, 0.29) is 24.0 Å². The summed E-state index contributed by atoms with van der Waals surface area (Å²) >= 11 is 0. The number of nitrogens with zero attached hydrogens (tertiary/aromatic N) is 4. The van der Waals surface area contributed by atoms with Gasteiger partial charge in [0.15, 0.2) is 11.8 Å². The first kappa shape index (κ1) is 18.4. The highest BCUT2D eigenvalue weighted by Gasteiger charge is 2.07. The number of benzene rings is 1. The van der Waals surface area contributed by atoms with Crippen molar-refractivity contribution in [1.29, 1.82) is 0 Å². The molecule has 0 fully saturated rings. The van der Waals surface area contributed by atoms with Crippen molar-refractivity contribution in [2.75, 3.05) is 13.6 Å². The first-order chi connectivity index (χ1) is 10.2. The van der Waals surface area contributed by atoms with Crippen molar-refractivity contribution < 1.29 is 0 Å². The number of aromatic nitrogens is 3. The quantitative estimate of drug-likeness (QED) is 0.447. The number of para-hydroxylation sites is 1. The number of aliphatic imine (C=N–C) groups is 1. The summed E-state index contributed by atoms with van der Waals surface area (Å²) in [7, 11) is 1.76. The zero-order valence-corrected chi connectivity index (χ0v) is 15.5. The van der Waals surface area contributed by atoms with E-state index in [2.05, 4.69) is 39.7 Å². The lowest BCUT2D eigenvalue weighted by Crippen LogP contribution is -2.39. The number of hydrogen-bond donors (Lipinski definition) is 2. The van der Waals surface area contributed by atoms with Crippen LogP contribution in [0.2, 0.25) is 0 Å². The Bertz CT molecular complexity index is 579. The number of halogens is 1. The van der Waals surface area contributed by atoms with Gasteiger partial charge >= 0.3 is 0 Å². The lowest BCUT2D eigenvalue weighted by Gasteiger charge is -2.13. The van der Waals surface area contributed by atoms with Crippen LogP contribution in [0.3, 0.4) is 0 Å². The molecule has 0 unspecified atom stereocenters. The molecule has 0 atom stereocenters. The molecule has 2 N–H and O–H groups in total. The normalized spacial score (nSPS) is 11.2. The molecule has 0 aliphatic carbocycles. The molecular formula is C15H23IN6. The standard InChI is InChI=1S/C15H22N6.HI/c1-12(2)9-17-15(16-3)18-10-14-20-19-11-21(14)13-7-5-4-6-8-13;/h4-8,11-12H,9-10H2,1-3H3,(H2,16,17,18);1H. The Hall–Kier alpha value is -1.64. The van der Waals surface area contributed by atoms with Gasteiger partial charge in [-0.2, -0.15) is 0 Å². The van der Waals surface area contributed by atoms with Gasteiger partial charge in [-0.05, 0) is 18.1 Å². The number of hydrogen-bond acceptors (Lipinski definition) is 3. The maximum absolute atomic E-state index is 4.20. The zero-order valence-electron chi connectivity index (χ0n) is 13.2. The molecular weight excluding hydrogens is 391 g/mol. The van der Waals surface area contributed by atoms with Crippen molar-refractivity contribution in [2.45, 2.75) is 20.4 Å². The second-order valence-corrected chi connectivity index (χ2v) is 5.15. The Balaban J connectivity index is 0.00000242. The largest absolute Gasteiger partial charge is 0.356 e. The highest BCUT2D eigenvalue weighted by atomic mass is 127. The Kier molecular flexibility index (Phi) is 7.86. The molecule has 22 heavy (non-hydrogen) atoms. The van der Waals surface area contributed by atoms with E-state index in [1.165, 1.54) is 0 Å². The monoisotopic (exact) mass is 414 g/mol. The van der Waals surface area contributed by atoms with E-state index in [0.717, 1.165) is 24.0 Å². The minimum Gasteiger partial charge on any atom is -0.356 e. The lowest BCUT2D eigenvalue weighted by molar-refractivity contribution is 0.612. The molecule has 0 aliphatic heterocycles. The lowest BCUT2D eigenvalue weighted by atomic mass is 10.2. The summed E-state index contributed by atoms with van der Waals surface area (Å²) in [5.41, 5.74) is 1.05. The molecule has 2 aromatic rings. The van der Waals surface area contributed by atoms with Crippen LogP contribution in [0, 0.1) is 5.92 Å². The van der Waals surface area contributed by atoms with Crippen LogP contribution >= 0.6 is 24.0 Å². The van der Waals surface area contributed by atoms with Crippen LogP contribution in [0.4, 0.5) is 0 Å². The SMILES string of the molecule is CN=C(NCc1nncn1-c1ccccc1)NCC(C)C.I. The van der Waals surface area contributed by atoms with Gasteiger partial charge in [-0.25, -0.2) is 0 Å². The van der Waals surface area contributed by atoms with E-state index in [4.69, 9.17) is 0 Å².